The molecule has 1 aromatic carbocycles. The first-order chi connectivity index (χ1) is 9.76. The fourth-order valence-electron chi connectivity index (χ4n) is 2.58. The third kappa shape index (κ3) is 2.07. The van der Waals surface area contributed by atoms with Crippen LogP contribution in [0.15, 0.2) is 29.3 Å². The molecule has 3 rings (SSSR count). The summed E-state index contributed by atoms with van der Waals surface area (Å²) in [5.41, 5.74) is 1.13. The number of guanidine groups is 1. The molecule has 0 aliphatic carbocycles. The van der Waals surface area contributed by atoms with Crippen LogP contribution in [0.25, 0.3) is 0 Å². The van der Waals surface area contributed by atoms with Crippen molar-refractivity contribution < 1.29 is 14.3 Å². The standard InChI is InChI=1S/C14H17N3O3/c1-19-7-6-15-13-16-12(18)14(17-13)9-20-8-10-4-2-3-5-11(10)14/h2-5H,6-9H2,1H3,(H2,15,16,17,18). The summed E-state index contributed by atoms with van der Waals surface area (Å²) < 4.78 is 10.5. The number of aliphatic imine (C=N–C) groups is 1. The summed E-state index contributed by atoms with van der Waals surface area (Å²) in [4.78, 5) is 16.7. The number of hydrogen-bond donors (Lipinski definition) is 2. The molecule has 2 aliphatic heterocycles. The Hall–Kier alpha value is -1.92. The van der Waals surface area contributed by atoms with E-state index in [9.17, 15) is 4.79 Å². The minimum atomic E-state index is -0.860. The molecule has 2 N–H and O–H groups in total. The van der Waals surface area contributed by atoms with Crippen LogP contribution in [0.1, 0.15) is 11.1 Å². The molecule has 0 saturated carbocycles. The minimum absolute atomic E-state index is 0.124. The van der Waals surface area contributed by atoms with Gasteiger partial charge in [0.2, 0.25) is 0 Å². The van der Waals surface area contributed by atoms with Crippen molar-refractivity contribution in [2.45, 2.75) is 12.1 Å². The fourth-order valence-corrected chi connectivity index (χ4v) is 2.58. The second-order valence-electron chi connectivity index (χ2n) is 4.86. The summed E-state index contributed by atoms with van der Waals surface area (Å²) in [6.45, 7) is 1.85. The number of hydrogen-bond acceptors (Lipinski definition) is 4. The van der Waals surface area contributed by atoms with Gasteiger partial charge in [-0.15, -0.1) is 0 Å². The first-order valence-electron chi connectivity index (χ1n) is 6.55. The Labute approximate surface area is 117 Å². The summed E-state index contributed by atoms with van der Waals surface area (Å²) in [6, 6.07) is 7.82. The Kier molecular flexibility index (Phi) is 3.42. The topological polar surface area (TPSA) is 72.0 Å². The predicted octanol–water partition coefficient (Wildman–Crippen LogP) is 0.134. The van der Waals surface area contributed by atoms with E-state index in [1.165, 1.54) is 0 Å². The Bertz CT molecular complexity index is 558. The van der Waals surface area contributed by atoms with E-state index in [1.54, 1.807) is 7.11 Å². The smallest absolute Gasteiger partial charge is 0.259 e. The first kappa shape index (κ1) is 13.1. The molecule has 0 radical (unpaired) electrons. The lowest BCUT2D eigenvalue weighted by Crippen LogP contribution is -2.50. The van der Waals surface area contributed by atoms with Crippen molar-refractivity contribution in [1.82, 2.24) is 10.6 Å². The highest BCUT2D eigenvalue weighted by Crippen LogP contribution is 2.32. The lowest BCUT2D eigenvalue weighted by Gasteiger charge is -2.32. The van der Waals surface area contributed by atoms with Gasteiger partial charge in [-0.3, -0.25) is 15.1 Å². The molecule has 20 heavy (non-hydrogen) atoms. The summed E-state index contributed by atoms with van der Waals surface area (Å²) in [5, 5.41) is 5.96. The first-order valence-corrected chi connectivity index (χ1v) is 6.55. The van der Waals surface area contributed by atoms with E-state index in [1.807, 2.05) is 24.3 Å². The second-order valence-corrected chi connectivity index (χ2v) is 4.86. The van der Waals surface area contributed by atoms with Crippen molar-refractivity contribution in [1.29, 1.82) is 0 Å². The summed E-state index contributed by atoms with van der Waals surface area (Å²) in [7, 11) is 1.62. The number of nitrogens with one attached hydrogen (secondary N) is 2. The number of benzene rings is 1. The van der Waals surface area contributed by atoms with E-state index in [0.717, 1.165) is 11.1 Å². The summed E-state index contributed by atoms with van der Waals surface area (Å²) in [5.74, 6) is 0.355. The highest BCUT2D eigenvalue weighted by molar-refractivity contribution is 6.09. The van der Waals surface area contributed by atoms with Crippen molar-refractivity contribution in [3.63, 3.8) is 0 Å². The van der Waals surface area contributed by atoms with E-state index in [4.69, 9.17) is 9.47 Å². The lowest BCUT2D eigenvalue weighted by atomic mass is 9.85. The van der Waals surface area contributed by atoms with Crippen molar-refractivity contribution in [3.05, 3.63) is 35.4 Å². The van der Waals surface area contributed by atoms with Crippen molar-refractivity contribution in [2.24, 2.45) is 4.99 Å². The van der Waals surface area contributed by atoms with Gasteiger partial charge in [-0.05, 0) is 11.1 Å². The molecule has 6 heteroatoms. The third-order valence-corrected chi connectivity index (χ3v) is 3.57. The van der Waals surface area contributed by atoms with Crippen molar-refractivity contribution in [2.75, 3.05) is 26.9 Å². The molecule has 2 aliphatic rings. The van der Waals surface area contributed by atoms with Crippen LogP contribution in [0.3, 0.4) is 0 Å². The van der Waals surface area contributed by atoms with Gasteiger partial charge in [-0.2, -0.15) is 0 Å². The van der Waals surface area contributed by atoms with Gasteiger partial charge in [0.15, 0.2) is 11.5 Å². The highest BCUT2D eigenvalue weighted by Gasteiger charge is 2.49. The molecule has 0 aromatic heterocycles. The van der Waals surface area contributed by atoms with Crippen LogP contribution in [0.4, 0.5) is 0 Å². The number of fused-ring (bicyclic) bond motifs is 2. The van der Waals surface area contributed by atoms with Crippen molar-refractivity contribution in [3.8, 4) is 0 Å². The zero-order valence-electron chi connectivity index (χ0n) is 11.3. The molecule has 0 bridgehead atoms. The molecule has 1 amide bonds. The monoisotopic (exact) mass is 275 g/mol. The lowest BCUT2D eigenvalue weighted by molar-refractivity contribution is -0.127. The average molecular weight is 275 g/mol. The maximum absolute atomic E-state index is 12.4. The zero-order valence-corrected chi connectivity index (χ0v) is 11.3. The normalized spacial score (nSPS) is 26.4. The Balaban J connectivity index is 1.90. The number of methoxy groups -OCH3 is 1. The minimum Gasteiger partial charge on any atom is -0.383 e. The molecule has 106 valence electrons. The molecule has 1 atom stereocenters. The zero-order chi connectivity index (χ0) is 14.0. The van der Waals surface area contributed by atoms with Crippen LogP contribution < -0.4 is 10.6 Å². The Morgan fingerprint density at radius 1 is 1.45 bits per heavy atom. The molecule has 1 saturated heterocycles. The van der Waals surface area contributed by atoms with Crippen LogP contribution in [0.5, 0.6) is 0 Å². The number of rotatable bonds is 3. The Morgan fingerprint density at radius 2 is 2.30 bits per heavy atom. The van der Waals surface area contributed by atoms with Crippen LogP contribution in [0, 0.1) is 0 Å². The molecule has 1 aromatic rings. The quantitative estimate of drug-likeness (QED) is 0.769. The van der Waals surface area contributed by atoms with Crippen LogP contribution >= 0.6 is 0 Å². The maximum atomic E-state index is 12.4. The van der Waals surface area contributed by atoms with Gasteiger partial charge < -0.3 is 14.8 Å². The van der Waals surface area contributed by atoms with Crippen molar-refractivity contribution >= 4 is 11.9 Å². The van der Waals surface area contributed by atoms with E-state index < -0.39 is 5.54 Å². The van der Waals surface area contributed by atoms with E-state index in [2.05, 4.69) is 15.6 Å². The van der Waals surface area contributed by atoms with Crippen LogP contribution in [0.2, 0.25) is 0 Å². The SMILES string of the molecule is COCCN=C1NC(=O)C2(COCc3ccccc32)N1. The molecule has 6 nitrogen and oxygen atoms in total. The van der Waals surface area contributed by atoms with Gasteiger partial charge >= 0.3 is 0 Å². The molecular weight excluding hydrogens is 258 g/mol. The van der Waals surface area contributed by atoms with Gasteiger partial charge in [0.1, 0.15) is 0 Å². The average Bonchev–Trinajstić information content (AvgIpc) is 2.77. The highest BCUT2D eigenvalue weighted by atomic mass is 16.5. The largest absolute Gasteiger partial charge is 0.383 e. The van der Waals surface area contributed by atoms with Gasteiger partial charge in [0.05, 0.1) is 26.4 Å². The second kappa shape index (κ2) is 5.22. The number of nitrogens with zero attached hydrogens (tertiary/aromatic N) is 1. The van der Waals surface area contributed by atoms with Gasteiger partial charge in [-0.1, -0.05) is 24.3 Å². The molecular formula is C14H17N3O3. The van der Waals surface area contributed by atoms with Gasteiger partial charge in [0, 0.05) is 7.11 Å². The summed E-state index contributed by atoms with van der Waals surface area (Å²) in [6.07, 6.45) is 0. The van der Waals surface area contributed by atoms with Gasteiger partial charge in [-0.25, -0.2) is 0 Å². The van der Waals surface area contributed by atoms with E-state index >= 15 is 0 Å². The fraction of sp³-hybridized carbons (Fsp3) is 0.429. The predicted molar refractivity (Wildman–Crippen MR) is 73.2 cm³/mol. The van der Waals surface area contributed by atoms with E-state index in [0.29, 0.717) is 32.3 Å². The van der Waals surface area contributed by atoms with Crippen LogP contribution in [-0.2, 0) is 26.4 Å². The third-order valence-electron chi connectivity index (χ3n) is 3.57. The molecule has 2 heterocycles. The maximum Gasteiger partial charge on any atom is 0.259 e. The van der Waals surface area contributed by atoms with Crippen LogP contribution in [-0.4, -0.2) is 38.7 Å². The number of carbonyl (C=O) groups excluding carboxylic acids is 1. The number of amides is 1. The number of carbonyl (C=O) groups is 1. The van der Waals surface area contributed by atoms with E-state index in [-0.39, 0.29) is 5.91 Å². The molecule has 1 unspecified atom stereocenters. The number of ether oxygens (including phenoxy) is 2. The van der Waals surface area contributed by atoms with Gasteiger partial charge in [0.25, 0.3) is 5.91 Å². The molecule has 1 spiro atoms. The molecule has 1 fully saturated rings. The summed E-state index contributed by atoms with van der Waals surface area (Å²) >= 11 is 0. The Morgan fingerprint density at radius 3 is 3.15 bits per heavy atom.